The van der Waals surface area contributed by atoms with Gasteiger partial charge in [0.2, 0.25) is 5.91 Å². The number of nitrogens with zero attached hydrogens (tertiary/aromatic N) is 1. The van der Waals surface area contributed by atoms with Crippen LogP contribution < -0.4 is 10.2 Å². The first-order valence-electron chi connectivity index (χ1n) is 11.4. The molecule has 2 unspecified atom stereocenters. The first-order chi connectivity index (χ1) is 13.5. The van der Waals surface area contributed by atoms with Gasteiger partial charge < -0.3 is 15.3 Å². The molecule has 2 N–H and O–H groups in total. The standard InChI is InChI=1S/C24H34N2O2/c27-22(16-23-12-18-11-19(13-23)15-24(28,14-18)17-23)25-20-5-7-21(8-6-20)26-9-3-1-2-4-10-26/h5-8,18-19,28H,1-4,9-17H2,(H,25,27)/t18-,19+,23?,24?. The normalized spacial score (nSPS) is 37.0. The Balaban J connectivity index is 1.21. The van der Waals surface area contributed by atoms with Gasteiger partial charge in [-0.3, -0.25) is 4.79 Å². The highest BCUT2D eigenvalue weighted by Gasteiger charge is 2.57. The topological polar surface area (TPSA) is 52.6 Å². The van der Waals surface area contributed by atoms with E-state index in [1.807, 2.05) is 12.1 Å². The van der Waals surface area contributed by atoms with Crippen molar-refractivity contribution < 1.29 is 9.90 Å². The summed E-state index contributed by atoms with van der Waals surface area (Å²) in [4.78, 5) is 15.3. The fourth-order valence-electron chi connectivity index (χ4n) is 7.24. The van der Waals surface area contributed by atoms with Crippen molar-refractivity contribution in [3.05, 3.63) is 24.3 Å². The van der Waals surface area contributed by atoms with Crippen molar-refractivity contribution >= 4 is 17.3 Å². The van der Waals surface area contributed by atoms with Crippen LogP contribution in [0.15, 0.2) is 24.3 Å². The quantitative estimate of drug-likeness (QED) is 0.792. The molecule has 5 fully saturated rings. The molecule has 1 heterocycles. The van der Waals surface area contributed by atoms with Crippen LogP contribution in [0.3, 0.4) is 0 Å². The first kappa shape index (κ1) is 18.5. The van der Waals surface area contributed by atoms with E-state index in [-0.39, 0.29) is 11.3 Å². The van der Waals surface area contributed by atoms with Gasteiger partial charge in [0, 0.05) is 30.9 Å². The highest BCUT2D eigenvalue weighted by Crippen LogP contribution is 2.62. The van der Waals surface area contributed by atoms with Crippen molar-refractivity contribution in [3.63, 3.8) is 0 Å². The minimum Gasteiger partial charge on any atom is -0.390 e. The number of amides is 1. The number of hydrogen-bond donors (Lipinski definition) is 2. The summed E-state index contributed by atoms with van der Waals surface area (Å²) in [6.07, 6.45) is 12.1. The SMILES string of the molecule is O=C(CC12C[C@@H]3C[C@@H](CC(O)(C3)C1)C2)Nc1ccc(N2CCCCCC2)cc1. The molecule has 4 atom stereocenters. The minimum atomic E-state index is -0.487. The lowest BCUT2D eigenvalue weighted by molar-refractivity contribution is -0.167. The third-order valence-corrected chi connectivity index (χ3v) is 7.81. The zero-order valence-electron chi connectivity index (χ0n) is 17.0. The average molecular weight is 383 g/mol. The Morgan fingerprint density at radius 2 is 1.64 bits per heavy atom. The molecule has 6 rings (SSSR count). The van der Waals surface area contributed by atoms with Crippen LogP contribution in [0.4, 0.5) is 11.4 Å². The van der Waals surface area contributed by atoms with Crippen LogP contribution in [0.25, 0.3) is 0 Å². The number of benzene rings is 1. The monoisotopic (exact) mass is 382 g/mol. The van der Waals surface area contributed by atoms with Gasteiger partial charge in [-0.05, 0) is 92.9 Å². The molecule has 0 spiro atoms. The Morgan fingerprint density at radius 3 is 2.25 bits per heavy atom. The largest absolute Gasteiger partial charge is 0.390 e. The molecule has 1 amide bonds. The number of carbonyl (C=O) groups excluding carboxylic acids is 1. The zero-order valence-corrected chi connectivity index (χ0v) is 17.0. The Hall–Kier alpha value is -1.55. The predicted octanol–water partition coefficient (Wildman–Crippen LogP) is 4.73. The van der Waals surface area contributed by atoms with E-state index in [2.05, 4.69) is 22.3 Å². The Labute approximate surface area is 168 Å². The molecule has 4 bridgehead atoms. The third-order valence-electron chi connectivity index (χ3n) is 7.81. The molecule has 152 valence electrons. The van der Waals surface area contributed by atoms with Gasteiger partial charge in [0.15, 0.2) is 0 Å². The van der Waals surface area contributed by atoms with E-state index < -0.39 is 5.60 Å². The molecule has 4 aliphatic carbocycles. The van der Waals surface area contributed by atoms with E-state index in [1.54, 1.807) is 0 Å². The average Bonchev–Trinajstić information content (AvgIpc) is 2.89. The molecule has 1 aromatic carbocycles. The van der Waals surface area contributed by atoms with E-state index in [1.165, 1.54) is 37.8 Å². The molecule has 4 nitrogen and oxygen atoms in total. The van der Waals surface area contributed by atoms with E-state index in [0.29, 0.717) is 18.3 Å². The molecule has 0 aromatic heterocycles. The summed E-state index contributed by atoms with van der Waals surface area (Å²) in [6.45, 7) is 2.28. The summed E-state index contributed by atoms with van der Waals surface area (Å²) in [7, 11) is 0. The van der Waals surface area contributed by atoms with Gasteiger partial charge in [-0.15, -0.1) is 0 Å². The predicted molar refractivity (Wildman–Crippen MR) is 112 cm³/mol. The molecule has 4 saturated carbocycles. The van der Waals surface area contributed by atoms with Gasteiger partial charge in [-0.1, -0.05) is 12.8 Å². The summed E-state index contributed by atoms with van der Waals surface area (Å²) in [5, 5.41) is 14.0. The highest BCUT2D eigenvalue weighted by atomic mass is 16.3. The maximum atomic E-state index is 12.8. The third kappa shape index (κ3) is 3.68. The second kappa shape index (κ2) is 7.05. The first-order valence-corrected chi connectivity index (χ1v) is 11.4. The zero-order chi connectivity index (χ0) is 19.2. The molecule has 1 aromatic rings. The molecule has 28 heavy (non-hydrogen) atoms. The second-order valence-electron chi connectivity index (χ2n) is 10.4. The maximum Gasteiger partial charge on any atom is 0.224 e. The van der Waals surface area contributed by atoms with Crippen LogP contribution >= 0.6 is 0 Å². The van der Waals surface area contributed by atoms with Crippen LogP contribution in [0.5, 0.6) is 0 Å². The smallest absolute Gasteiger partial charge is 0.224 e. The van der Waals surface area contributed by atoms with Gasteiger partial charge in [0.25, 0.3) is 0 Å². The number of aliphatic hydroxyl groups is 1. The van der Waals surface area contributed by atoms with Crippen LogP contribution in [0, 0.1) is 17.3 Å². The molecule has 5 aliphatic rings. The van der Waals surface area contributed by atoms with Gasteiger partial charge in [0.1, 0.15) is 0 Å². The fraction of sp³-hybridized carbons (Fsp3) is 0.708. The van der Waals surface area contributed by atoms with Gasteiger partial charge in [-0.25, -0.2) is 0 Å². The minimum absolute atomic E-state index is 0.0366. The molecule has 1 aliphatic heterocycles. The summed E-state index contributed by atoms with van der Waals surface area (Å²) < 4.78 is 0. The van der Waals surface area contributed by atoms with Crippen LogP contribution in [0.1, 0.15) is 70.6 Å². The molecule has 1 saturated heterocycles. The van der Waals surface area contributed by atoms with E-state index in [4.69, 9.17) is 0 Å². The molecule has 4 heteroatoms. The summed E-state index contributed by atoms with van der Waals surface area (Å²) in [6, 6.07) is 8.39. The lowest BCUT2D eigenvalue weighted by Crippen LogP contribution is -2.56. The summed E-state index contributed by atoms with van der Waals surface area (Å²) in [5.41, 5.74) is 1.71. The summed E-state index contributed by atoms with van der Waals surface area (Å²) >= 11 is 0. The fourth-order valence-corrected chi connectivity index (χ4v) is 7.24. The Kier molecular flexibility index (Phi) is 4.65. The number of anilines is 2. The van der Waals surface area contributed by atoms with Crippen LogP contribution in [0.2, 0.25) is 0 Å². The molecular formula is C24H34N2O2. The number of hydrogen-bond acceptors (Lipinski definition) is 3. The van der Waals surface area contributed by atoms with Crippen molar-refractivity contribution in [3.8, 4) is 0 Å². The number of carbonyl (C=O) groups is 1. The van der Waals surface area contributed by atoms with Crippen molar-refractivity contribution in [2.45, 2.75) is 76.2 Å². The van der Waals surface area contributed by atoms with E-state index >= 15 is 0 Å². The molecular weight excluding hydrogens is 348 g/mol. The van der Waals surface area contributed by atoms with Crippen molar-refractivity contribution in [1.82, 2.24) is 0 Å². The lowest BCUT2D eigenvalue weighted by atomic mass is 9.47. The Bertz CT molecular complexity index is 707. The second-order valence-corrected chi connectivity index (χ2v) is 10.4. The van der Waals surface area contributed by atoms with Crippen LogP contribution in [-0.4, -0.2) is 29.7 Å². The van der Waals surface area contributed by atoms with Crippen LogP contribution in [-0.2, 0) is 4.79 Å². The van der Waals surface area contributed by atoms with Crippen molar-refractivity contribution in [2.75, 3.05) is 23.3 Å². The van der Waals surface area contributed by atoms with Crippen molar-refractivity contribution in [1.29, 1.82) is 0 Å². The molecule has 0 radical (unpaired) electrons. The summed E-state index contributed by atoms with van der Waals surface area (Å²) in [5.74, 6) is 1.38. The maximum absolute atomic E-state index is 12.8. The number of rotatable bonds is 4. The Morgan fingerprint density at radius 1 is 1.00 bits per heavy atom. The van der Waals surface area contributed by atoms with E-state index in [9.17, 15) is 9.90 Å². The number of nitrogens with one attached hydrogen (secondary N) is 1. The van der Waals surface area contributed by atoms with Crippen molar-refractivity contribution in [2.24, 2.45) is 17.3 Å². The highest BCUT2D eigenvalue weighted by molar-refractivity contribution is 5.91. The van der Waals surface area contributed by atoms with E-state index in [0.717, 1.165) is 50.9 Å². The van der Waals surface area contributed by atoms with Gasteiger partial charge in [-0.2, -0.15) is 0 Å². The van der Waals surface area contributed by atoms with Gasteiger partial charge >= 0.3 is 0 Å². The lowest BCUT2D eigenvalue weighted by Gasteiger charge is -2.60. The van der Waals surface area contributed by atoms with Gasteiger partial charge in [0.05, 0.1) is 5.60 Å².